The Hall–Kier alpha value is -3.73. The van der Waals surface area contributed by atoms with Gasteiger partial charge in [0.25, 0.3) is 5.89 Å². The molecule has 0 atom stereocenters. The first-order valence-electron chi connectivity index (χ1n) is 8.59. The van der Waals surface area contributed by atoms with Gasteiger partial charge in [0, 0.05) is 28.2 Å². The average Bonchev–Trinajstić information content (AvgIpc) is 3.46. The lowest BCUT2D eigenvalue weighted by molar-refractivity contribution is 0.415. The second-order valence-corrected chi connectivity index (χ2v) is 6.15. The zero-order valence-corrected chi connectivity index (χ0v) is 14.6. The highest BCUT2D eigenvalue weighted by molar-refractivity contribution is 5.97. The van der Waals surface area contributed by atoms with E-state index in [9.17, 15) is 0 Å². The highest BCUT2D eigenvalue weighted by Gasteiger charge is 2.21. The Balaban J connectivity index is 1.73. The molecule has 1 N–H and O–H groups in total. The number of para-hydroxylation sites is 1. The van der Waals surface area contributed by atoms with Crippen LogP contribution in [0.4, 0.5) is 0 Å². The van der Waals surface area contributed by atoms with Crippen molar-refractivity contribution < 1.29 is 13.6 Å². The highest BCUT2D eigenvalue weighted by Crippen LogP contribution is 2.39. The van der Waals surface area contributed by atoms with Crippen LogP contribution in [0.25, 0.3) is 45.1 Å². The summed E-state index contributed by atoms with van der Waals surface area (Å²) in [6, 6.07) is 19.5. The minimum absolute atomic E-state index is 0.450. The van der Waals surface area contributed by atoms with Crippen LogP contribution in [0, 0.1) is 0 Å². The Kier molecular flexibility index (Phi) is 3.57. The van der Waals surface area contributed by atoms with Gasteiger partial charge in [-0.2, -0.15) is 0 Å². The van der Waals surface area contributed by atoms with E-state index in [-0.39, 0.29) is 0 Å². The van der Waals surface area contributed by atoms with E-state index in [1.54, 1.807) is 13.4 Å². The fraction of sp³-hybridized carbons (Fsp3) is 0.0455. The number of fused-ring (bicyclic) bond motifs is 1. The average molecular weight is 356 g/mol. The molecule has 0 radical (unpaired) electrons. The quantitative estimate of drug-likeness (QED) is 0.445. The minimum Gasteiger partial charge on any atom is -0.497 e. The SMILES string of the molecule is COc1ccc(-c2oc(-c3ccco3)nc2-c2c[nH]c3ccccc23)cc1. The maximum Gasteiger partial charge on any atom is 0.263 e. The zero-order chi connectivity index (χ0) is 18.2. The Bertz CT molecular complexity index is 1200. The van der Waals surface area contributed by atoms with Gasteiger partial charge in [-0.25, -0.2) is 4.98 Å². The van der Waals surface area contributed by atoms with Crippen molar-refractivity contribution in [2.45, 2.75) is 0 Å². The monoisotopic (exact) mass is 356 g/mol. The number of nitrogens with zero attached hydrogens (tertiary/aromatic N) is 1. The molecule has 5 aromatic rings. The summed E-state index contributed by atoms with van der Waals surface area (Å²) in [5.41, 5.74) is 3.72. The van der Waals surface area contributed by atoms with Gasteiger partial charge in [0.2, 0.25) is 0 Å². The van der Waals surface area contributed by atoms with Crippen LogP contribution in [-0.2, 0) is 0 Å². The maximum atomic E-state index is 6.13. The number of methoxy groups -OCH3 is 1. The van der Waals surface area contributed by atoms with Crippen LogP contribution in [0.3, 0.4) is 0 Å². The largest absolute Gasteiger partial charge is 0.497 e. The number of furan rings is 1. The fourth-order valence-corrected chi connectivity index (χ4v) is 3.21. The standard InChI is InChI=1S/C22H16N2O3/c1-25-15-10-8-14(9-11-15)21-20(24-22(27-21)19-7-4-12-26-19)17-13-23-18-6-3-2-5-16(17)18/h2-13,23H,1H3. The topological polar surface area (TPSA) is 64.2 Å². The molecule has 0 spiro atoms. The number of aromatic amines is 1. The van der Waals surface area contributed by atoms with Crippen LogP contribution in [0.2, 0.25) is 0 Å². The van der Waals surface area contributed by atoms with Crippen molar-refractivity contribution in [3.05, 3.63) is 73.1 Å². The molecule has 5 nitrogen and oxygen atoms in total. The third-order valence-electron chi connectivity index (χ3n) is 4.56. The van der Waals surface area contributed by atoms with Crippen molar-refractivity contribution in [3.63, 3.8) is 0 Å². The number of nitrogens with one attached hydrogen (secondary N) is 1. The fourth-order valence-electron chi connectivity index (χ4n) is 3.21. The van der Waals surface area contributed by atoms with E-state index in [2.05, 4.69) is 11.1 Å². The molecule has 0 saturated carbocycles. The summed E-state index contributed by atoms with van der Waals surface area (Å²) in [6.45, 7) is 0. The second-order valence-electron chi connectivity index (χ2n) is 6.15. The van der Waals surface area contributed by atoms with Gasteiger partial charge in [-0.15, -0.1) is 0 Å². The van der Waals surface area contributed by atoms with Crippen LogP contribution in [-0.4, -0.2) is 17.1 Å². The molecular weight excluding hydrogens is 340 g/mol. The van der Waals surface area contributed by atoms with E-state index in [1.165, 1.54) is 0 Å². The first kappa shape index (κ1) is 15.5. The lowest BCUT2D eigenvalue weighted by atomic mass is 10.1. The molecule has 132 valence electrons. The predicted octanol–water partition coefficient (Wildman–Crippen LogP) is 5.76. The van der Waals surface area contributed by atoms with Gasteiger partial charge in [-0.05, 0) is 42.5 Å². The van der Waals surface area contributed by atoms with E-state index >= 15 is 0 Å². The summed E-state index contributed by atoms with van der Waals surface area (Å²) in [6.07, 6.45) is 3.57. The van der Waals surface area contributed by atoms with E-state index in [0.717, 1.165) is 33.5 Å². The van der Waals surface area contributed by atoms with E-state index in [4.69, 9.17) is 18.6 Å². The molecular formula is C22H16N2O3. The number of aromatic nitrogens is 2. The number of oxazole rings is 1. The maximum absolute atomic E-state index is 6.13. The first-order valence-corrected chi connectivity index (χ1v) is 8.59. The Labute approximate surface area is 155 Å². The molecule has 0 saturated heterocycles. The van der Waals surface area contributed by atoms with Crippen LogP contribution in [0.15, 0.2) is 82.0 Å². The molecule has 0 bridgehead atoms. The normalized spacial score (nSPS) is 11.1. The molecule has 3 heterocycles. The van der Waals surface area contributed by atoms with Gasteiger partial charge >= 0.3 is 0 Å². The second kappa shape index (κ2) is 6.21. The van der Waals surface area contributed by atoms with Gasteiger partial charge < -0.3 is 18.6 Å². The Morgan fingerprint density at radius 2 is 1.81 bits per heavy atom. The number of ether oxygens (including phenoxy) is 1. The third kappa shape index (κ3) is 2.60. The molecule has 0 aliphatic carbocycles. The summed E-state index contributed by atoms with van der Waals surface area (Å²) >= 11 is 0. The van der Waals surface area contributed by atoms with Gasteiger partial charge in [-0.3, -0.25) is 0 Å². The van der Waals surface area contributed by atoms with Gasteiger partial charge in [0.05, 0.1) is 13.4 Å². The predicted molar refractivity (Wildman–Crippen MR) is 103 cm³/mol. The Morgan fingerprint density at radius 1 is 0.963 bits per heavy atom. The van der Waals surface area contributed by atoms with Crippen molar-refractivity contribution in [3.8, 4) is 40.0 Å². The van der Waals surface area contributed by atoms with E-state index in [0.29, 0.717) is 17.4 Å². The van der Waals surface area contributed by atoms with E-state index < -0.39 is 0 Å². The lowest BCUT2D eigenvalue weighted by Crippen LogP contribution is -1.84. The van der Waals surface area contributed by atoms with Crippen LogP contribution in [0.1, 0.15) is 0 Å². The molecule has 0 unspecified atom stereocenters. The molecule has 3 aromatic heterocycles. The van der Waals surface area contributed by atoms with Gasteiger partial charge in [0.15, 0.2) is 11.5 Å². The van der Waals surface area contributed by atoms with Gasteiger partial charge in [0.1, 0.15) is 11.4 Å². The number of H-pyrrole nitrogens is 1. The zero-order valence-electron chi connectivity index (χ0n) is 14.6. The van der Waals surface area contributed by atoms with Crippen molar-refractivity contribution in [2.24, 2.45) is 0 Å². The number of hydrogen-bond donors (Lipinski definition) is 1. The van der Waals surface area contributed by atoms with Crippen LogP contribution in [0.5, 0.6) is 5.75 Å². The van der Waals surface area contributed by atoms with E-state index in [1.807, 2.05) is 60.8 Å². The smallest absolute Gasteiger partial charge is 0.263 e. The third-order valence-corrected chi connectivity index (χ3v) is 4.56. The van der Waals surface area contributed by atoms with Crippen molar-refractivity contribution in [1.29, 1.82) is 0 Å². The lowest BCUT2D eigenvalue weighted by Gasteiger charge is -2.03. The van der Waals surface area contributed by atoms with Crippen LogP contribution >= 0.6 is 0 Å². The molecule has 2 aromatic carbocycles. The molecule has 5 rings (SSSR count). The minimum atomic E-state index is 0.450. The molecule has 0 aliphatic heterocycles. The van der Waals surface area contributed by atoms with Gasteiger partial charge in [-0.1, -0.05) is 18.2 Å². The summed E-state index contributed by atoms with van der Waals surface area (Å²) in [4.78, 5) is 8.06. The van der Waals surface area contributed by atoms with Crippen molar-refractivity contribution in [2.75, 3.05) is 7.11 Å². The molecule has 0 aliphatic rings. The number of rotatable bonds is 4. The summed E-state index contributed by atoms with van der Waals surface area (Å²) in [5, 5.41) is 1.09. The number of hydrogen-bond acceptors (Lipinski definition) is 4. The highest BCUT2D eigenvalue weighted by atomic mass is 16.5. The van der Waals surface area contributed by atoms with Crippen molar-refractivity contribution in [1.82, 2.24) is 9.97 Å². The molecule has 27 heavy (non-hydrogen) atoms. The summed E-state index contributed by atoms with van der Waals surface area (Å²) < 4.78 is 16.9. The Morgan fingerprint density at radius 3 is 2.59 bits per heavy atom. The molecule has 0 amide bonds. The first-order chi connectivity index (χ1) is 13.3. The summed E-state index contributed by atoms with van der Waals surface area (Å²) in [7, 11) is 1.65. The number of benzene rings is 2. The van der Waals surface area contributed by atoms with Crippen LogP contribution < -0.4 is 4.74 Å². The molecule has 5 heteroatoms. The van der Waals surface area contributed by atoms with Crippen molar-refractivity contribution >= 4 is 10.9 Å². The summed E-state index contributed by atoms with van der Waals surface area (Å²) in [5.74, 6) is 2.52. The molecule has 0 fully saturated rings.